The van der Waals surface area contributed by atoms with E-state index < -0.39 is 30.1 Å². The summed E-state index contributed by atoms with van der Waals surface area (Å²) in [5.74, 6) is 1.71. The summed E-state index contributed by atoms with van der Waals surface area (Å²) in [6.07, 6.45) is 6.72. The molecule has 32 nitrogen and oxygen atoms in total. The van der Waals surface area contributed by atoms with Gasteiger partial charge in [0.2, 0.25) is 0 Å². The molecule has 21 rings (SSSR count). The number of thiazole rings is 3. The first-order valence-electron chi connectivity index (χ1n) is 44.6. The molecule has 138 heavy (non-hydrogen) atoms. The van der Waals surface area contributed by atoms with Gasteiger partial charge in [0.15, 0.2) is 15.4 Å². The van der Waals surface area contributed by atoms with Crippen LogP contribution in [0, 0.1) is 0 Å². The first-order valence-corrected chi connectivity index (χ1v) is 55.7. The van der Waals surface area contributed by atoms with E-state index in [1.807, 2.05) is 69.5 Å². The number of nitrogens with zero attached hydrogens (tertiary/aromatic N) is 12. The normalized spacial score (nSPS) is 19.5. The third-order valence-corrected chi connectivity index (χ3v) is 30.0. The minimum Gasteiger partial charge on any atom is -0.662 e. The SMILES string of the molecule is CC(C)Oc1cc(C(=O)O)cc2sc(N3CCN4C(=O)[C@H](OCc5c(-c6c(Cl)cccc6Cl)noc5C5CC5)C[C@H]4C3)nc12.CC(C)Oc1cc(C(=O)O)cc2sc(N3CCN4C(=O)[C@H](OCc5c(-c6c(Cl)cccc6Cl)noc5C5CC5)C[C@H]4C3)nc12.CC(C)Oc1cc(C(=O)O)cc2sc(N3CCN4C[C@H](OCc5c(-c6c(Cl)cccc6Cl)noc5C5CC5)C[C@H]4C3)nc12.II.O=CO[O-].[Na+]. The predicted octanol–water partition coefficient (Wildman–Crippen LogP) is 17.6. The zero-order chi connectivity index (χ0) is 96.6. The van der Waals surface area contributed by atoms with Crippen LogP contribution in [0.2, 0.25) is 30.1 Å². The Hall–Kier alpha value is -7.76. The predicted molar refractivity (Wildman–Crippen MR) is 537 cm³/mol. The molecule has 2 amide bonds. The van der Waals surface area contributed by atoms with Crippen molar-refractivity contribution in [3.63, 3.8) is 0 Å². The van der Waals surface area contributed by atoms with E-state index in [2.05, 4.69) is 77.2 Å². The second kappa shape index (κ2) is 45.0. The number of benzene rings is 6. The molecule has 6 aromatic heterocycles. The fraction of sp³-hybridized carbons (Fsp3) is 0.426. The zero-order valence-corrected chi connectivity index (χ0v) is 88.9. The smallest absolute Gasteiger partial charge is 0.662 e. The molecule has 724 valence electrons. The van der Waals surface area contributed by atoms with Crippen molar-refractivity contribution < 1.29 is 126 Å². The van der Waals surface area contributed by atoms with Gasteiger partial charge in [0.25, 0.3) is 18.3 Å². The number of carboxylic acids is 3. The van der Waals surface area contributed by atoms with Gasteiger partial charge in [-0.1, -0.05) is 137 Å². The van der Waals surface area contributed by atoms with Gasteiger partial charge in [0, 0.05) is 173 Å². The second-order valence-electron chi connectivity index (χ2n) is 35.4. The summed E-state index contributed by atoms with van der Waals surface area (Å²) in [7, 11) is 0. The topological polar surface area (TPSA) is 387 Å². The molecular weight excluding hydrogens is 2200 g/mol. The van der Waals surface area contributed by atoms with E-state index in [4.69, 9.17) is 137 Å². The van der Waals surface area contributed by atoms with Crippen molar-refractivity contribution in [3.8, 4) is 51.0 Å². The summed E-state index contributed by atoms with van der Waals surface area (Å²) in [5, 5.41) is 55.7. The number of anilines is 3. The number of aromatic carboxylic acids is 3. The van der Waals surface area contributed by atoms with E-state index in [1.54, 1.807) is 60.7 Å². The number of rotatable bonds is 28. The van der Waals surface area contributed by atoms with Crippen LogP contribution in [-0.2, 0) is 53.3 Å². The third kappa shape index (κ3) is 22.9. The molecule has 12 aromatic rings. The van der Waals surface area contributed by atoms with Crippen LogP contribution < -0.4 is 63.7 Å². The van der Waals surface area contributed by atoms with Gasteiger partial charge in [0.1, 0.15) is 80.4 Å². The van der Waals surface area contributed by atoms with Gasteiger partial charge >= 0.3 is 47.5 Å². The number of ether oxygens (including phenoxy) is 6. The van der Waals surface area contributed by atoms with Gasteiger partial charge < -0.3 is 92.0 Å². The Morgan fingerprint density at radius 1 is 0.464 bits per heavy atom. The van der Waals surface area contributed by atoms with Crippen molar-refractivity contribution in [3.05, 3.63) is 172 Å². The van der Waals surface area contributed by atoms with Crippen molar-refractivity contribution in [2.75, 3.05) is 80.1 Å². The van der Waals surface area contributed by atoms with Crippen molar-refractivity contribution in [2.24, 2.45) is 0 Å². The fourth-order valence-corrected chi connectivity index (χ4v) is 23.1. The van der Waals surface area contributed by atoms with Gasteiger partial charge in [-0.25, -0.2) is 29.3 Å². The number of carboxylic acid groups (broad SMARTS) is 3. The Morgan fingerprint density at radius 2 is 0.768 bits per heavy atom. The van der Waals surface area contributed by atoms with Crippen LogP contribution in [0.25, 0.3) is 64.4 Å². The molecule has 9 fully saturated rings. The van der Waals surface area contributed by atoms with E-state index in [9.17, 15) is 39.3 Å². The van der Waals surface area contributed by atoms with E-state index in [0.29, 0.717) is 168 Å². The molecule has 44 heteroatoms. The number of hydrogen-bond acceptors (Lipinski definition) is 30. The molecule has 6 saturated heterocycles. The van der Waals surface area contributed by atoms with Crippen LogP contribution >= 0.6 is 141 Å². The Labute approximate surface area is 879 Å². The van der Waals surface area contributed by atoms with Crippen molar-refractivity contribution in [1.82, 2.24) is 45.1 Å². The van der Waals surface area contributed by atoms with Crippen LogP contribution in [0.5, 0.6) is 17.2 Å². The molecule has 12 heterocycles. The number of fused-ring (bicyclic) bond motifs is 6. The van der Waals surface area contributed by atoms with Gasteiger partial charge in [-0.05, 0) is 159 Å². The van der Waals surface area contributed by atoms with E-state index >= 15 is 0 Å². The molecule has 3 aliphatic carbocycles. The number of hydrogen-bond donors (Lipinski definition) is 3. The molecular formula is C94H93Cl6I2N12NaO20S3. The number of piperazine rings is 3. The summed E-state index contributed by atoms with van der Waals surface area (Å²) in [5.41, 5.74) is 8.71. The Kier molecular flexibility index (Phi) is 33.7. The summed E-state index contributed by atoms with van der Waals surface area (Å²) < 4.78 is 56.6. The maximum absolute atomic E-state index is 13.4. The van der Waals surface area contributed by atoms with E-state index in [0.717, 1.165) is 135 Å². The van der Waals surface area contributed by atoms with Gasteiger partial charge in [-0.3, -0.25) is 19.3 Å². The van der Waals surface area contributed by atoms with Crippen LogP contribution in [-0.4, -0.2) is 217 Å². The largest absolute Gasteiger partial charge is 1.00 e. The summed E-state index contributed by atoms with van der Waals surface area (Å²) in [4.78, 5) is 101. The van der Waals surface area contributed by atoms with Crippen LogP contribution in [0.15, 0.2) is 105 Å². The van der Waals surface area contributed by atoms with Gasteiger partial charge in [-0.15, -0.1) is 0 Å². The molecule has 0 bridgehead atoms. The summed E-state index contributed by atoms with van der Waals surface area (Å²) >= 11 is 47.7. The molecule has 0 unspecified atom stereocenters. The molecule has 0 spiro atoms. The van der Waals surface area contributed by atoms with E-state index in [1.165, 1.54) is 46.1 Å². The van der Waals surface area contributed by atoms with Crippen molar-refractivity contribution >= 4 is 223 Å². The molecule has 0 radical (unpaired) electrons. The number of carbonyl (C=O) groups is 6. The summed E-state index contributed by atoms with van der Waals surface area (Å²) in [6.45, 7) is 18.9. The van der Waals surface area contributed by atoms with Crippen molar-refractivity contribution in [1.29, 1.82) is 0 Å². The maximum atomic E-state index is 13.4. The maximum Gasteiger partial charge on any atom is 1.00 e. The minimum atomic E-state index is -1.02. The third-order valence-electron chi connectivity index (χ3n) is 24.9. The number of carbonyl (C=O) groups excluding carboxylic acids is 3. The number of amides is 2. The fourth-order valence-electron chi connectivity index (χ4n) is 18.2. The van der Waals surface area contributed by atoms with Crippen LogP contribution in [0.3, 0.4) is 0 Å². The quantitative estimate of drug-likeness (QED) is 0.0135. The van der Waals surface area contributed by atoms with Gasteiger partial charge in [0.05, 0.1) is 117 Å². The Bertz CT molecular complexity index is 6220. The Balaban J connectivity index is 0.000000145. The van der Waals surface area contributed by atoms with Crippen LogP contribution in [0.4, 0.5) is 15.4 Å². The molecule has 3 N–H and O–H groups in total. The monoisotopic (exact) mass is 2290 g/mol. The first kappa shape index (κ1) is 103. The second-order valence-corrected chi connectivity index (χ2v) is 40.9. The molecule has 6 aromatic carbocycles. The number of aromatic nitrogens is 6. The molecule has 9 aliphatic rings. The average Bonchev–Trinajstić information content (AvgIpc) is 1.62. The summed E-state index contributed by atoms with van der Waals surface area (Å²) in [6, 6.07) is 25.9. The standard InChI is InChI=1S/2C31H30Cl2N4O6S.C31H32Cl2N4O5S.CH2O3.I2.Na/c2*1-15(2)42-22-10-17(30(39)40)11-24-27(22)34-31(44-24)36-8-9-37-18(13-36)12-23(29(37)38)41-14-19-26(35-43-28(19)16-6-7-16)25-20(32)4-3-5-21(25)33;1-16(2)41-24-10-18(30(38)39)11-25-28(24)34-31(43-25)37-9-8-36-14-20(12-19(36)13-37)40-15-21-27(35-42-29(21)17-6-7-17)26-22(32)4-3-5-23(26)33;2-1-4-3;1-2;/h2*3-5,10-11,15-16,18,23H,6-9,12-14H2,1-2H3,(H,39,40);3-5,10-11,16-17,19-20H,6-9,12-15H2,1-2H3,(H,38,39);1,3H;;/q;;;;;+1/p-1/t2*18-,23+;19-,20+;;;/m000.../s1. The molecule has 6 aliphatic heterocycles. The van der Waals surface area contributed by atoms with Crippen LogP contribution in [0.1, 0.15) is 182 Å². The molecule has 6 atom stereocenters. The number of halogens is 8. The van der Waals surface area contributed by atoms with E-state index in [-0.39, 0.29) is 126 Å². The Morgan fingerprint density at radius 3 is 1.07 bits per heavy atom. The molecule has 3 saturated carbocycles. The van der Waals surface area contributed by atoms with Gasteiger partial charge in [-0.2, -0.15) is 0 Å². The zero-order valence-electron chi connectivity index (χ0n) is 75.6. The minimum absolute atomic E-state index is 0. The average molecular weight is 2300 g/mol. The van der Waals surface area contributed by atoms with Crippen molar-refractivity contribution in [2.45, 2.75) is 192 Å². The first-order chi connectivity index (χ1) is 66.0.